The van der Waals surface area contributed by atoms with Crippen molar-refractivity contribution in [3.8, 4) is 0 Å². The number of esters is 2. The van der Waals surface area contributed by atoms with Crippen molar-refractivity contribution in [1.82, 2.24) is 0 Å². The quantitative estimate of drug-likeness (QED) is 0.577. The van der Waals surface area contributed by atoms with Crippen LogP contribution in [0.1, 0.15) is 33.2 Å². The molecule has 2 rings (SSSR count). The van der Waals surface area contributed by atoms with E-state index in [2.05, 4.69) is 4.74 Å². The molecular formula is C11H10O4. The van der Waals surface area contributed by atoms with Crippen LogP contribution >= 0.6 is 0 Å². The SMILES string of the molecule is CC(O)Cc1ccc2c(c1)C(=O)OC2=O. The topological polar surface area (TPSA) is 63.6 Å². The summed E-state index contributed by atoms with van der Waals surface area (Å²) in [6.07, 6.45) is -0.0226. The second-order valence-corrected chi connectivity index (χ2v) is 3.61. The Morgan fingerprint density at radius 2 is 1.93 bits per heavy atom. The van der Waals surface area contributed by atoms with E-state index in [1.165, 1.54) is 0 Å². The molecule has 4 heteroatoms. The van der Waals surface area contributed by atoms with E-state index in [0.29, 0.717) is 12.0 Å². The molecule has 1 aliphatic rings. The first-order chi connectivity index (χ1) is 7.08. The first-order valence-corrected chi connectivity index (χ1v) is 4.65. The molecule has 0 radical (unpaired) electrons. The van der Waals surface area contributed by atoms with Gasteiger partial charge in [-0.05, 0) is 31.0 Å². The Labute approximate surface area is 86.5 Å². The molecular weight excluding hydrogens is 196 g/mol. The van der Waals surface area contributed by atoms with Crippen molar-refractivity contribution in [1.29, 1.82) is 0 Å². The highest BCUT2D eigenvalue weighted by Crippen LogP contribution is 2.21. The molecule has 1 N–H and O–H groups in total. The lowest BCUT2D eigenvalue weighted by Gasteiger charge is -2.04. The van der Waals surface area contributed by atoms with Gasteiger partial charge in [0.1, 0.15) is 0 Å². The Bertz CT molecular complexity index is 434. The van der Waals surface area contributed by atoms with Crippen LogP contribution in [0.25, 0.3) is 0 Å². The molecule has 1 heterocycles. The van der Waals surface area contributed by atoms with Crippen LogP contribution in [0.3, 0.4) is 0 Å². The Morgan fingerprint density at radius 3 is 2.60 bits per heavy atom. The molecule has 0 aromatic heterocycles. The number of carbonyl (C=O) groups is 2. The summed E-state index contributed by atoms with van der Waals surface area (Å²) in [7, 11) is 0. The number of aliphatic hydroxyl groups is 1. The molecule has 1 aliphatic heterocycles. The van der Waals surface area contributed by atoms with E-state index in [1.807, 2.05) is 0 Å². The molecule has 0 saturated heterocycles. The van der Waals surface area contributed by atoms with Crippen molar-refractivity contribution in [2.75, 3.05) is 0 Å². The fourth-order valence-electron chi connectivity index (χ4n) is 1.60. The summed E-state index contributed by atoms with van der Waals surface area (Å²) in [4.78, 5) is 22.3. The molecule has 0 amide bonds. The van der Waals surface area contributed by atoms with Gasteiger partial charge >= 0.3 is 11.9 Å². The Kier molecular flexibility index (Phi) is 2.28. The predicted octanol–water partition coefficient (Wildman–Crippen LogP) is 0.921. The largest absolute Gasteiger partial charge is 0.393 e. The molecule has 0 saturated carbocycles. The summed E-state index contributed by atoms with van der Waals surface area (Å²) in [5.74, 6) is -1.21. The van der Waals surface area contributed by atoms with Gasteiger partial charge in [-0.1, -0.05) is 6.07 Å². The molecule has 78 valence electrons. The zero-order chi connectivity index (χ0) is 11.0. The van der Waals surface area contributed by atoms with E-state index in [9.17, 15) is 14.7 Å². The molecule has 1 aromatic rings. The van der Waals surface area contributed by atoms with Gasteiger partial charge in [-0.3, -0.25) is 0 Å². The molecule has 1 atom stereocenters. The standard InChI is InChI=1S/C11H10O4/c1-6(12)4-7-2-3-8-9(5-7)11(14)15-10(8)13/h2-3,5-6,12H,4H2,1H3. The minimum Gasteiger partial charge on any atom is -0.393 e. The molecule has 0 spiro atoms. The maximum atomic E-state index is 11.2. The predicted molar refractivity (Wildman–Crippen MR) is 51.6 cm³/mol. The Hall–Kier alpha value is -1.68. The van der Waals surface area contributed by atoms with Gasteiger partial charge in [-0.15, -0.1) is 0 Å². The van der Waals surface area contributed by atoms with Crippen LogP contribution in [-0.2, 0) is 11.2 Å². The van der Waals surface area contributed by atoms with Crippen molar-refractivity contribution in [2.45, 2.75) is 19.4 Å². The van der Waals surface area contributed by atoms with Gasteiger partial charge in [0.25, 0.3) is 0 Å². The average molecular weight is 206 g/mol. The van der Waals surface area contributed by atoms with Gasteiger partial charge in [-0.25, -0.2) is 9.59 Å². The molecule has 0 fully saturated rings. The van der Waals surface area contributed by atoms with E-state index >= 15 is 0 Å². The average Bonchev–Trinajstić information content (AvgIpc) is 2.41. The lowest BCUT2D eigenvalue weighted by Crippen LogP contribution is -2.05. The lowest BCUT2D eigenvalue weighted by atomic mass is 10.0. The van der Waals surface area contributed by atoms with Gasteiger partial charge in [0.05, 0.1) is 17.2 Å². The fraction of sp³-hybridized carbons (Fsp3) is 0.273. The van der Waals surface area contributed by atoms with Crippen LogP contribution < -0.4 is 0 Å². The first kappa shape index (κ1) is 9.86. The normalized spacial score (nSPS) is 16.1. The van der Waals surface area contributed by atoms with Gasteiger partial charge in [0.2, 0.25) is 0 Å². The second kappa shape index (κ2) is 3.47. The van der Waals surface area contributed by atoms with Crippen molar-refractivity contribution in [3.63, 3.8) is 0 Å². The van der Waals surface area contributed by atoms with Gasteiger partial charge in [0, 0.05) is 0 Å². The Balaban J connectivity index is 2.38. The molecule has 0 aliphatic carbocycles. The summed E-state index contributed by atoms with van der Waals surface area (Å²) in [5, 5.41) is 9.19. The fourth-order valence-corrected chi connectivity index (χ4v) is 1.60. The lowest BCUT2D eigenvalue weighted by molar-refractivity contribution is 0.0443. The monoisotopic (exact) mass is 206 g/mol. The number of carbonyl (C=O) groups excluding carboxylic acids is 2. The third kappa shape index (κ3) is 1.76. The van der Waals surface area contributed by atoms with E-state index < -0.39 is 18.0 Å². The van der Waals surface area contributed by atoms with Crippen LogP contribution in [0.5, 0.6) is 0 Å². The number of rotatable bonds is 2. The second-order valence-electron chi connectivity index (χ2n) is 3.61. The summed E-state index contributed by atoms with van der Waals surface area (Å²) in [6, 6.07) is 4.86. The molecule has 4 nitrogen and oxygen atoms in total. The third-order valence-corrected chi connectivity index (χ3v) is 2.24. The maximum absolute atomic E-state index is 11.2. The first-order valence-electron chi connectivity index (χ1n) is 4.65. The van der Waals surface area contributed by atoms with Gasteiger partial charge < -0.3 is 9.84 Å². The number of aliphatic hydroxyl groups excluding tert-OH is 1. The number of benzene rings is 1. The van der Waals surface area contributed by atoms with Gasteiger partial charge in [-0.2, -0.15) is 0 Å². The van der Waals surface area contributed by atoms with E-state index in [0.717, 1.165) is 5.56 Å². The number of ether oxygens (including phenoxy) is 1. The minimum atomic E-state index is -0.609. The summed E-state index contributed by atoms with van der Waals surface area (Å²) in [6.45, 7) is 1.66. The van der Waals surface area contributed by atoms with E-state index in [-0.39, 0.29) is 5.56 Å². The zero-order valence-electron chi connectivity index (χ0n) is 8.19. The van der Waals surface area contributed by atoms with Crippen LogP contribution in [0.2, 0.25) is 0 Å². The summed E-state index contributed by atoms with van der Waals surface area (Å²) < 4.78 is 4.45. The van der Waals surface area contributed by atoms with Crippen LogP contribution in [0.4, 0.5) is 0 Å². The summed E-state index contributed by atoms with van der Waals surface area (Å²) >= 11 is 0. The molecule has 0 bridgehead atoms. The number of cyclic esters (lactones) is 2. The number of hydrogen-bond acceptors (Lipinski definition) is 4. The minimum absolute atomic E-state index is 0.290. The third-order valence-electron chi connectivity index (χ3n) is 2.24. The zero-order valence-corrected chi connectivity index (χ0v) is 8.19. The smallest absolute Gasteiger partial charge is 0.346 e. The molecule has 1 unspecified atom stereocenters. The highest BCUT2D eigenvalue weighted by atomic mass is 16.6. The number of fused-ring (bicyclic) bond motifs is 1. The molecule has 1 aromatic carbocycles. The highest BCUT2D eigenvalue weighted by Gasteiger charge is 2.29. The van der Waals surface area contributed by atoms with Crippen molar-refractivity contribution >= 4 is 11.9 Å². The maximum Gasteiger partial charge on any atom is 0.346 e. The van der Waals surface area contributed by atoms with E-state index in [4.69, 9.17) is 0 Å². The van der Waals surface area contributed by atoms with Crippen molar-refractivity contribution < 1.29 is 19.4 Å². The van der Waals surface area contributed by atoms with E-state index in [1.54, 1.807) is 25.1 Å². The highest BCUT2D eigenvalue weighted by molar-refractivity contribution is 6.14. The van der Waals surface area contributed by atoms with Crippen molar-refractivity contribution in [2.24, 2.45) is 0 Å². The van der Waals surface area contributed by atoms with Crippen LogP contribution in [0, 0.1) is 0 Å². The Morgan fingerprint density at radius 1 is 1.27 bits per heavy atom. The van der Waals surface area contributed by atoms with Gasteiger partial charge in [0.15, 0.2) is 0 Å². The summed E-state index contributed by atoms with van der Waals surface area (Å²) in [5.41, 5.74) is 1.41. The number of hydrogen-bond donors (Lipinski definition) is 1. The molecule has 15 heavy (non-hydrogen) atoms. The van der Waals surface area contributed by atoms with Crippen LogP contribution in [-0.4, -0.2) is 23.1 Å². The van der Waals surface area contributed by atoms with Crippen LogP contribution in [0.15, 0.2) is 18.2 Å². The van der Waals surface area contributed by atoms with Crippen molar-refractivity contribution in [3.05, 3.63) is 34.9 Å².